The van der Waals surface area contributed by atoms with Crippen LogP contribution in [0.3, 0.4) is 0 Å². The van der Waals surface area contributed by atoms with Crippen LogP contribution in [0.4, 0.5) is 11.6 Å². The molecule has 0 aliphatic carbocycles. The highest BCUT2D eigenvalue weighted by Crippen LogP contribution is 2.23. The van der Waals surface area contributed by atoms with E-state index in [9.17, 15) is 4.79 Å². The number of amides is 1. The van der Waals surface area contributed by atoms with E-state index in [-0.39, 0.29) is 5.91 Å². The monoisotopic (exact) mass is 401 g/mol. The zero-order valence-corrected chi connectivity index (χ0v) is 17.7. The Kier molecular flexibility index (Phi) is 5.77. The van der Waals surface area contributed by atoms with E-state index in [1.54, 1.807) is 0 Å². The van der Waals surface area contributed by atoms with Crippen LogP contribution in [0, 0.1) is 13.8 Å². The number of likely N-dealkylation sites (N-methyl/N-ethyl adjacent to an activating group) is 1. The SMILES string of the molecule is Cc1nc(N2CCN(C)CC2)nc(C)c1NC(=O)c1ccc(-c2ccccc2)cc1. The number of carbonyl (C=O) groups is 1. The number of anilines is 2. The molecule has 1 fully saturated rings. The van der Waals surface area contributed by atoms with Crippen molar-refractivity contribution in [2.24, 2.45) is 0 Å². The molecule has 1 aliphatic heterocycles. The predicted molar refractivity (Wildman–Crippen MR) is 121 cm³/mol. The van der Waals surface area contributed by atoms with Crippen LogP contribution >= 0.6 is 0 Å². The lowest BCUT2D eigenvalue weighted by Crippen LogP contribution is -2.45. The Hall–Kier alpha value is -3.25. The number of piperazine rings is 1. The summed E-state index contributed by atoms with van der Waals surface area (Å²) < 4.78 is 0. The van der Waals surface area contributed by atoms with Gasteiger partial charge in [0.05, 0.1) is 17.1 Å². The van der Waals surface area contributed by atoms with Crippen molar-refractivity contribution in [1.82, 2.24) is 14.9 Å². The van der Waals surface area contributed by atoms with Crippen LogP contribution in [-0.4, -0.2) is 54.0 Å². The quantitative estimate of drug-likeness (QED) is 0.721. The smallest absolute Gasteiger partial charge is 0.255 e. The number of nitrogens with zero attached hydrogens (tertiary/aromatic N) is 4. The second-order valence-electron chi connectivity index (χ2n) is 7.76. The van der Waals surface area contributed by atoms with E-state index in [1.807, 2.05) is 56.3 Å². The van der Waals surface area contributed by atoms with Gasteiger partial charge in [0.2, 0.25) is 5.95 Å². The van der Waals surface area contributed by atoms with Gasteiger partial charge in [-0.3, -0.25) is 4.79 Å². The molecular formula is C24H27N5O. The van der Waals surface area contributed by atoms with E-state index in [2.05, 4.69) is 44.3 Å². The molecule has 154 valence electrons. The third-order valence-corrected chi connectivity index (χ3v) is 5.54. The summed E-state index contributed by atoms with van der Waals surface area (Å²) in [4.78, 5) is 26.6. The molecule has 2 aromatic carbocycles. The van der Waals surface area contributed by atoms with Crippen molar-refractivity contribution < 1.29 is 4.79 Å². The van der Waals surface area contributed by atoms with Gasteiger partial charge in [-0.05, 0) is 44.2 Å². The first-order chi connectivity index (χ1) is 14.5. The standard InChI is InChI=1S/C24H27N5O/c1-17-22(18(2)26-24(25-17)29-15-13-28(3)14-16-29)27-23(30)21-11-9-20(10-12-21)19-7-5-4-6-8-19/h4-12H,13-16H2,1-3H3,(H,27,30). The summed E-state index contributed by atoms with van der Waals surface area (Å²) in [5, 5.41) is 3.00. The molecule has 6 nitrogen and oxygen atoms in total. The van der Waals surface area contributed by atoms with Crippen molar-refractivity contribution in [3.05, 3.63) is 71.5 Å². The summed E-state index contributed by atoms with van der Waals surface area (Å²) in [6.07, 6.45) is 0. The van der Waals surface area contributed by atoms with E-state index in [4.69, 9.17) is 0 Å². The van der Waals surface area contributed by atoms with Gasteiger partial charge in [-0.2, -0.15) is 0 Å². The fraction of sp³-hybridized carbons (Fsp3) is 0.292. The topological polar surface area (TPSA) is 61.4 Å². The second-order valence-corrected chi connectivity index (χ2v) is 7.76. The first-order valence-electron chi connectivity index (χ1n) is 10.3. The highest BCUT2D eigenvalue weighted by molar-refractivity contribution is 6.05. The first kappa shape index (κ1) is 20.0. The fourth-order valence-electron chi connectivity index (χ4n) is 3.66. The molecule has 1 aromatic heterocycles. The second kappa shape index (κ2) is 8.63. The summed E-state index contributed by atoms with van der Waals surface area (Å²) in [7, 11) is 2.12. The van der Waals surface area contributed by atoms with Crippen molar-refractivity contribution in [3.8, 4) is 11.1 Å². The number of hydrogen-bond donors (Lipinski definition) is 1. The van der Waals surface area contributed by atoms with E-state index < -0.39 is 0 Å². The number of aromatic nitrogens is 2. The molecule has 4 rings (SSSR count). The maximum atomic E-state index is 12.8. The highest BCUT2D eigenvalue weighted by atomic mass is 16.1. The minimum atomic E-state index is -0.156. The number of hydrogen-bond acceptors (Lipinski definition) is 5. The molecule has 1 aliphatic rings. The van der Waals surface area contributed by atoms with E-state index >= 15 is 0 Å². The largest absolute Gasteiger partial charge is 0.338 e. The van der Waals surface area contributed by atoms with Crippen LogP contribution in [0.1, 0.15) is 21.7 Å². The van der Waals surface area contributed by atoms with Gasteiger partial charge in [-0.15, -0.1) is 0 Å². The molecule has 0 bridgehead atoms. The van der Waals surface area contributed by atoms with Gasteiger partial charge >= 0.3 is 0 Å². The van der Waals surface area contributed by atoms with Crippen LogP contribution in [0.5, 0.6) is 0 Å². The molecule has 0 atom stereocenters. The Morgan fingerprint density at radius 2 is 1.40 bits per heavy atom. The molecule has 6 heteroatoms. The zero-order chi connectivity index (χ0) is 21.1. The number of nitrogens with one attached hydrogen (secondary N) is 1. The summed E-state index contributed by atoms with van der Waals surface area (Å²) >= 11 is 0. The molecule has 1 N–H and O–H groups in total. The van der Waals surface area contributed by atoms with E-state index in [0.717, 1.165) is 54.6 Å². The van der Waals surface area contributed by atoms with E-state index in [1.165, 1.54) is 0 Å². The molecule has 0 saturated carbocycles. The van der Waals surface area contributed by atoms with Gasteiger partial charge in [0.25, 0.3) is 5.91 Å². The molecule has 0 spiro atoms. The summed E-state index contributed by atoms with van der Waals surface area (Å²) in [6, 6.07) is 17.8. The molecule has 1 saturated heterocycles. The minimum Gasteiger partial charge on any atom is -0.338 e. The Bertz CT molecular complexity index is 1000. The third kappa shape index (κ3) is 4.33. The first-order valence-corrected chi connectivity index (χ1v) is 10.3. The fourth-order valence-corrected chi connectivity index (χ4v) is 3.66. The van der Waals surface area contributed by atoms with Crippen LogP contribution in [0.25, 0.3) is 11.1 Å². The van der Waals surface area contributed by atoms with Crippen LogP contribution in [-0.2, 0) is 0 Å². The average molecular weight is 402 g/mol. The Morgan fingerprint density at radius 3 is 2.00 bits per heavy atom. The molecular weight excluding hydrogens is 374 g/mol. The zero-order valence-electron chi connectivity index (χ0n) is 17.7. The van der Waals surface area contributed by atoms with E-state index in [0.29, 0.717) is 11.3 Å². The molecule has 30 heavy (non-hydrogen) atoms. The van der Waals surface area contributed by atoms with Crippen molar-refractivity contribution in [2.45, 2.75) is 13.8 Å². The molecule has 0 unspecified atom stereocenters. The third-order valence-electron chi connectivity index (χ3n) is 5.54. The van der Waals surface area contributed by atoms with Gasteiger partial charge in [0.15, 0.2) is 0 Å². The predicted octanol–water partition coefficient (Wildman–Crippen LogP) is 3.76. The Morgan fingerprint density at radius 1 is 0.833 bits per heavy atom. The molecule has 1 amide bonds. The summed E-state index contributed by atoms with van der Waals surface area (Å²) in [5.41, 5.74) is 5.07. The van der Waals surface area contributed by atoms with Gasteiger partial charge in [-0.1, -0.05) is 42.5 Å². The highest BCUT2D eigenvalue weighted by Gasteiger charge is 2.19. The maximum absolute atomic E-state index is 12.8. The lowest BCUT2D eigenvalue weighted by Gasteiger charge is -2.32. The van der Waals surface area contributed by atoms with Gasteiger partial charge in [0, 0.05) is 31.7 Å². The Balaban J connectivity index is 1.49. The lowest BCUT2D eigenvalue weighted by atomic mass is 10.0. The lowest BCUT2D eigenvalue weighted by molar-refractivity contribution is 0.102. The van der Waals surface area contributed by atoms with Crippen LogP contribution in [0.2, 0.25) is 0 Å². The summed E-state index contributed by atoms with van der Waals surface area (Å²) in [6.45, 7) is 7.66. The molecule has 0 radical (unpaired) electrons. The normalized spacial score (nSPS) is 14.6. The van der Waals surface area contributed by atoms with Gasteiger partial charge in [0.1, 0.15) is 0 Å². The van der Waals surface area contributed by atoms with Crippen LogP contribution < -0.4 is 10.2 Å². The Labute approximate surface area is 177 Å². The number of rotatable bonds is 4. The number of carbonyl (C=O) groups excluding carboxylic acids is 1. The van der Waals surface area contributed by atoms with Crippen molar-refractivity contribution in [1.29, 1.82) is 0 Å². The molecule has 2 heterocycles. The van der Waals surface area contributed by atoms with Crippen molar-refractivity contribution in [2.75, 3.05) is 43.4 Å². The average Bonchev–Trinajstić information content (AvgIpc) is 2.77. The minimum absolute atomic E-state index is 0.156. The van der Waals surface area contributed by atoms with Crippen molar-refractivity contribution in [3.63, 3.8) is 0 Å². The maximum Gasteiger partial charge on any atom is 0.255 e. The van der Waals surface area contributed by atoms with Crippen LogP contribution in [0.15, 0.2) is 54.6 Å². The van der Waals surface area contributed by atoms with Gasteiger partial charge in [-0.25, -0.2) is 9.97 Å². The van der Waals surface area contributed by atoms with Gasteiger partial charge < -0.3 is 15.1 Å². The summed E-state index contributed by atoms with van der Waals surface area (Å²) in [5.74, 6) is 0.583. The number of benzene rings is 2. The van der Waals surface area contributed by atoms with Crippen molar-refractivity contribution >= 4 is 17.5 Å². The molecule has 3 aromatic rings. The number of aryl methyl sites for hydroxylation is 2.